The van der Waals surface area contributed by atoms with Crippen LogP contribution in [0.25, 0.3) is 0 Å². The highest BCUT2D eigenvalue weighted by Gasteiger charge is 1.94. The van der Waals surface area contributed by atoms with Crippen LogP contribution in [0.4, 0.5) is 0 Å². The van der Waals surface area contributed by atoms with E-state index in [9.17, 15) is 0 Å². The van der Waals surface area contributed by atoms with Crippen molar-refractivity contribution in [1.82, 2.24) is 0 Å². The molecule has 0 saturated heterocycles. The van der Waals surface area contributed by atoms with Gasteiger partial charge in [-0.05, 0) is 12.8 Å². The maximum atomic E-state index is 5.73. The van der Waals surface area contributed by atoms with Crippen LogP contribution in [0, 0.1) is 0 Å². The molecule has 0 aliphatic carbocycles. The third-order valence-electron chi connectivity index (χ3n) is 0.924. The molecule has 0 rings (SSSR count). The van der Waals surface area contributed by atoms with Crippen LogP contribution in [-0.2, 0) is 0 Å². The molecular weight excluding hydrogens is 143 g/mol. The minimum Gasteiger partial charge on any atom is -0.123 e. The Labute approximate surface area is 60.5 Å². The zero-order valence-electron chi connectivity index (χ0n) is 4.90. The normalized spacial score (nSPS) is 14.9. The van der Waals surface area contributed by atoms with Crippen molar-refractivity contribution >= 4 is 23.2 Å². The fourth-order valence-electron chi connectivity index (χ4n) is 0.366. The zero-order valence-corrected chi connectivity index (χ0v) is 6.41. The average molecular weight is 153 g/mol. The van der Waals surface area contributed by atoms with Crippen LogP contribution in [0.1, 0.15) is 19.8 Å². The first-order chi connectivity index (χ1) is 3.81. The number of halogens is 2. The van der Waals surface area contributed by atoms with Crippen molar-refractivity contribution in [3.8, 4) is 0 Å². The van der Waals surface area contributed by atoms with Gasteiger partial charge in [0.2, 0.25) is 0 Å². The summed E-state index contributed by atoms with van der Waals surface area (Å²) in [6.07, 6.45) is 3.74. The third kappa shape index (κ3) is 4.48. The fourth-order valence-corrected chi connectivity index (χ4v) is 0.571. The second-order valence-corrected chi connectivity index (χ2v) is 2.47. The Morgan fingerprint density at radius 1 is 1.62 bits per heavy atom. The summed E-state index contributed by atoms with van der Waals surface area (Å²) in [7, 11) is 0. The maximum Gasteiger partial charge on any atom is 0.0368 e. The average Bonchev–Trinajstić information content (AvgIpc) is 1.83. The summed E-state index contributed by atoms with van der Waals surface area (Å²) in [6.45, 7) is 2.06. The Hall–Kier alpha value is 0.320. The first kappa shape index (κ1) is 8.32. The van der Waals surface area contributed by atoms with Crippen molar-refractivity contribution in [3.05, 3.63) is 11.6 Å². The number of allylic oxidation sites excluding steroid dienone is 1. The first-order valence-electron chi connectivity index (χ1n) is 2.70. The maximum absolute atomic E-state index is 5.73. The van der Waals surface area contributed by atoms with Gasteiger partial charge in [-0.15, -0.1) is 11.6 Å². The molecule has 48 valence electrons. The predicted octanol–water partition coefficient (Wildman–Crippen LogP) is 3.15. The van der Waals surface area contributed by atoms with Gasteiger partial charge in [-0.1, -0.05) is 24.6 Å². The largest absolute Gasteiger partial charge is 0.123 e. The summed E-state index contributed by atoms with van der Waals surface area (Å²) >= 11 is 11.0. The molecule has 0 spiro atoms. The van der Waals surface area contributed by atoms with Crippen molar-refractivity contribution in [2.24, 2.45) is 0 Å². The molecule has 8 heavy (non-hydrogen) atoms. The lowest BCUT2D eigenvalue weighted by molar-refractivity contribution is 0.826. The van der Waals surface area contributed by atoms with Gasteiger partial charge >= 0.3 is 0 Å². The smallest absolute Gasteiger partial charge is 0.0368 e. The monoisotopic (exact) mass is 152 g/mol. The van der Waals surface area contributed by atoms with Crippen LogP contribution in [-0.4, -0.2) is 5.38 Å². The van der Waals surface area contributed by atoms with Crippen LogP contribution in [0.2, 0.25) is 0 Å². The molecule has 0 amide bonds. The van der Waals surface area contributed by atoms with Gasteiger partial charge in [-0.3, -0.25) is 0 Å². The van der Waals surface area contributed by atoms with Gasteiger partial charge in [0.1, 0.15) is 0 Å². The second kappa shape index (κ2) is 5.46. The molecule has 0 aliphatic rings. The van der Waals surface area contributed by atoms with E-state index >= 15 is 0 Å². The third-order valence-corrected chi connectivity index (χ3v) is 1.59. The van der Waals surface area contributed by atoms with E-state index in [1.165, 1.54) is 5.54 Å². The SMILES string of the molecule is CCC(Cl)C/C=C\Cl. The fraction of sp³-hybridized carbons (Fsp3) is 0.667. The lowest BCUT2D eigenvalue weighted by atomic mass is 10.2. The molecule has 0 radical (unpaired) electrons. The molecule has 2 heteroatoms. The van der Waals surface area contributed by atoms with Crippen LogP contribution in [0.15, 0.2) is 11.6 Å². The molecule has 1 unspecified atom stereocenters. The van der Waals surface area contributed by atoms with Crippen molar-refractivity contribution in [2.45, 2.75) is 25.1 Å². The van der Waals surface area contributed by atoms with Crippen LogP contribution in [0.3, 0.4) is 0 Å². The first-order valence-corrected chi connectivity index (χ1v) is 3.57. The number of hydrogen-bond acceptors (Lipinski definition) is 0. The molecule has 0 N–H and O–H groups in total. The van der Waals surface area contributed by atoms with Gasteiger partial charge in [0.15, 0.2) is 0 Å². The van der Waals surface area contributed by atoms with E-state index < -0.39 is 0 Å². The zero-order chi connectivity index (χ0) is 6.41. The van der Waals surface area contributed by atoms with E-state index in [0.29, 0.717) is 0 Å². The summed E-state index contributed by atoms with van der Waals surface area (Å²) in [5, 5.41) is 0.255. The van der Waals surface area contributed by atoms with Crippen molar-refractivity contribution in [1.29, 1.82) is 0 Å². The molecule has 0 heterocycles. The van der Waals surface area contributed by atoms with Crippen molar-refractivity contribution in [3.63, 3.8) is 0 Å². The molecule has 1 atom stereocenters. The van der Waals surface area contributed by atoms with Gasteiger partial charge < -0.3 is 0 Å². The van der Waals surface area contributed by atoms with Gasteiger partial charge in [0.25, 0.3) is 0 Å². The van der Waals surface area contributed by atoms with Crippen molar-refractivity contribution < 1.29 is 0 Å². The molecule has 0 aromatic rings. The van der Waals surface area contributed by atoms with Gasteiger partial charge in [0.05, 0.1) is 0 Å². The van der Waals surface area contributed by atoms with Crippen LogP contribution in [0.5, 0.6) is 0 Å². The standard InChI is InChI=1S/C6H10Cl2/c1-2-6(8)4-3-5-7/h3,5-6H,2,4H2,1H3/b5-3-. The Balaban J connectivity index is 3.10. The summed E-state index contributed by atoms with van der Waals surface area (Å²) in [6, 6.07) is 0. The highest BCUT2D eigenvalue weighted by atomic mass is 35.5. The summed E-state index contributed by atoms with van der Waals surface area (Å²) in [5.41, 5.74) is 1.50. The molecule has 0 saturated carbocycles. The molecule has 0 aromatic heterocycles. The van der Waals surface area contributed by atoms with E-state index in [0.717, 1.165) is 12.8 Å². The molecule has 0 fully saturated rings. The van der Waals surface area contributed by atoms with E-state index in [2.05, 4.69) is 6.92 Å². The minimum atomic E-state index is 0.255. The van der Waals surface area contributed by atoms with E-state index in [4.69, 9.17) is 23.2 Å². The van der Waals surface area contributed by atoms with Gasteiger partial charge in [-0.25, -0.2) is 0 Å². The number of hydrogen-bond donors (Lipinski definition) is 0. The lowest BCUT2D eigenvalue weighted by Crippen LogP contribution is -1.90. The second-order valence-electron chi connectivity index (χ2n) is 1.60. The molecule has 0 aliphatic heterocycles. The Bertz CT molecular complexity index is 68.9. The van der Waals surface area contributed by atoms with Gasteiger partial charge in [0, 0.05) is 10.9 Å². The molecule has 0 nitrogen and oxygen atoms in total. The summed E-state index contributed by atoms with van der Waals surface area (Å²) in [5.74, 6) is 0. The van der Waals surface area contributed by atoms with E-state index in [-0.39, 0.29) is 5.38 Å². The Morgan fingerprint density at radius 2 is 2.25 bits per heavy atom. The predicted molar refractivity (Wildman–Crippen MR) is 39.5 cm³/mol. The minimum absolute atomic E-state index is 0.255. The number of alkyl halides is 1. The molecule has 0 aromatic carbocycles. The van der Waals surface area contributed by atoms with E-state index in [1.54, 1.807) is 0 Å². The Kier molecular flexibility index (Phi) is 5.67. The summed E-state index contributed by atoms with van der Waals surface area (Å²) in [4.78, 5) is 0. The van der Waals surface area contributed by atoms with Crippen LogP contribution < -0.4 is 0 Å². The highest BCUT2D eigenvalue weighted by Crippen LogP contribution is 2.06. The Morgan fingerprint density at radius 3 is 2.62 bits per heavy atom. The molecule has 0 bridgehead atoms. The van der Waals surface area contributed by atoms with E-state index in [1.807, 2.05) is 6.08 Å². The highest BCUT2D eigenvalue weighted by molar-refractivity contribution is 6.25. The molecular formula is C6H10Cl2. The van der Waals surface area contributed by atoms with Crippen molar-refractivity contribution in [2.75, 3.05) is 0 Å². The summed E-state index contributed by atoms with van der Waals surface area (Å²) < 4.78 is 0. The lowest BCUT2D eigenvalue weighted by Gasteiger charge is -1.97. The quantitative estimate of drug-likeness (QED) is 0.546. The topological polar surface area (TPSA) is 0 Å². The van der Waals surface area contributed by atoms with Gasteiger partial charge in [-0.2, -0.15) is 0 Å². The van der Waals surface area contributed by atoms with Crippen LogP contribution >= 0.6 is 23.2 Å². The number of rotatable bonds is 3.